The second-order valence-corrected chi connectivity index (χ2v) is 10.1. The Labute approximate surface area is 208 Å². The molecule has 0 bridgehead atoms. The first-order valence-corrected chi connectivity index (χ1v) is 12.2. The van der Waals surface area contributed by atoms with Crippen molar-refractivity contribution in [1.29, 1.82) is 0 Å². The van der Waals surface area contributed by atoms with E-state index < -0.39 is 41.8 Å². The van der Waals surface area contributed by atoms with E-state index in [1.807, 2.05) is 20.2 Å². The number of nitrogens with two attached hydrogens (primary N) is 2. The first kappa shape index (κ1) is 26.5. The summed E-state index contributed by atoms with van der Waals surface area (Å²) in [7, 11) is 4.01. The fourth-order valence-electron chi connectivity index (χ4n) is 3.51. The Balaban J connectivity index is 1.76. The van der Waals surface area contributed by atoms with E-state index in [2.05, 4.69) is 24.7 Å². The van der Waals surface area contributed by atoms with Crippen LogP contribution in [0.1, 0.15) is 5.82 Å². The monoisotopic (exact) mass is 529 g/mol. The van der Waals surface area contributed by atoms with Gasteiger partial charge >= 0.3 is 5.97 Å². The molecule has 0 aliphatic carbocycles. The molecule has 0 aromatic carbocycles. The topological polar surface area (TPSA) is 186 Å². The molecule has 0 spiro atoms. The van der Waals surface area contributed by atoms with E-state index in [0.29, 0.717) is 28.9 Å². The highest BCUT2D eigenvalue weighted by atomic mass is 32.2. The highest BCUT2D eigenvalue weighted by Gasteiger charge is 2.54. The third-order valence-corrected chi connectivity index (χ3v) is 7.06. The van der Waals surface area contributed by atoms with E-state index >= 15 is 0 Å². The summed E-state index contributed by atoms with van der Waals surface area (Å²) in [6.45, 7) is 0.612. The largest absolute Gasteiger partial charge is 0.477 e. The van der Waals surface area contributed by atoms with Gasteiger partial charge in [-0.3, -0.25) is 14.5 Å². The van der Waals surface area contributed by atoms with E-state index in [1.54, 1.807) is 6.08 Å². The number of oxime groups is 1. The number of carboxylic acid groups (broad SMARTS) is 1. The van der Waals surface area contributed by atoms with Crippen LogP contribution in [-0.4, -0.2) is 105 Å². The molecule has 0 saturated carbocycles. The van der Waals surface area contributed by atoms with Crippen molar-refractivity contribution >= 4 is 51.9 Å². The standard InChI is InChI=1S/C19H25FN8O5S2/c1-28(2,7-5-21)6-3-4-10-8-34-17-12(16(30)27(17)13(10)18(31)32)23-15(29)11(25-33-9-20)14-24-19(22)35-26-14/h3-4,12,17H,5-9,21H2,1-2H3,(H3-,22,23,24,26,29,31,32)/p+1/b4-3+,25-11-/t12-,17-/m1/s1. The van der Waals surface area contributed by atoms with Crippen LogP contribution < -0.4 is 16.8 Å². The summed E-state index contributed by atoms with van der Waals surface area (Å²) in [4.78, 5) is 46.9. The molecular weight excluding hydrogens is 503 g/mol. The molecule has 2 atom stereocenters. The summed E-state index contributed by atoms with van der Waals surface area (Å²) in [5.74, 6) is -2.60. The van der Waals surface area contributed by atoms with Gasteiger partial charge in [-0.05, 0) is 11.6 Å². The number of nitrogens with one attached hydrogen (secondary N) is 1. The number of rotatable bonds is 11. The number of quaternary nitrogens is 1. The Morgan fingerprint density at radius 3 is 2.80 bits per heavy atom. The Morgan fingerprint density at radius 1 is 1.46 bits per heavy atom. The van der Waals surface area contributed by atoms with Gasteiger partial charge in [0.25, 0.3) is 18.7 Å². The van der Waals surface area contributed by atoms with Gasteiger partial charge in [0.1, 0.15) is 17.1 Å². The van der Waals surface area contributed by atoms with Crippen LogP contribution in [0.25, 0.3) is 0 Å². The summed E-state index contributed by atoms with van der Waals surface area (Å²) in [6, 6.07) is -1.03. The number of nitrogen functional groups attached to an aromatic ring is 1. The van der Waals surface area contributed by atoms with Gasteiger partial charge in [-0.25, -0.2) is 9.18 Å². The predicted octanol–water partition coefficient (Wildman–Crippen LogP) is -0.902. The average Bonchev–Trinajstić information content (AvgIpc) is 3.22. The first-order chi connectivity index (χ1) is 16.6. The SMILES string of the molecule is C[N+](C)(C/C=C/C1=C(C(=O)O)N2C(=O)[C@@H](NC(=O)/C(=N\OCF)c3nsc(N)n3)[C@H]2SC1)CCN. The molecule has 0 unspecified atom stereocenters. The maximum atomic E-state index is 12.9. The number of β-lactam (4-membered cyclic amide) rings is 1. The zero-order valence-electron chi connectivity index (χ0n) is 19.0. The molecule has 2 aliphatic rings. The van der Waals surface area contributed by atoms with Gasteiger partial charge in [0.05, 0.1) is 27.2 Å². The summed E-state index contributed by atoms with van der Waals surface area (Å²) in [5.41, 5.74) is 11.1. The average molecular weight is 530 g/mol. The number of carbonyl (C=O) groups excluding carboxylic acids is 2. The molecule has 1 aromatic rings. The minimum atomic E-state index is -1.30. The van der Waals surface area contributed by atoms with E-state index in [0.717, 1.165) is 23.0 Å². The maximum absolute atomic E-state index is 12.9. The molecule has 3 heterocycles. The third-order valence-electron chi connectivity index (χ3n) is 5.21. The fraction of sp³-hybridized carbons (Fsp3) is 0.474. The number of thioether (sulfide) groups is 1. The fourth-order valence-corrected chi connectivity index (χ4v) is 5.26. The number of fused-ring (bicyclic) bond motifs is 1. The molecule has 16 heteroatoms. The van der Waals surface area contributed by atoms with Gasteiger partial charge in [-0.15, -0.1) is 11.8 Å². The summed E-state index contributed by atoms with van der Waals surface area (Å²) >= 11 is 2.10. The van der Waals surface area contributed by atoms with Gasteiger partial charge in [-0.2, -0.15) is 9.36 Å². The van der Waals surface area contributed by atoms with Gasteiger partial charge in [0.2, 0.25) is 11.5 Å². The van der Waals surface area contributed by atoms with Gasteiger partial charge in [-0.1, -0.05) is 11.2 Å². The number of aliphatic carboxylic acids is 1. The number of anilines is 1. The Kier molecular flexibility index (Phi) is 8.42. The summed E-state index contributed by atoms with van der Waals surface area (Å²) in [6.07, 6.45) is 3.57. The van der Waals surface area contributed by atoms with Gasteiger partial charge in [0, 0.05) is 23.8 Å². The lowest BCUT2D eigenvalue weighted by atomic mass is 10.0. The minimum Gasteiger partial charge on any atom is -0.477 e. The van der Waals surface area contributed by atoms with Crippen LogP contribution in [0.5, 0.6) is 0 Å². The van der Waals surface area contributed by atoms with Crippen molar-refractivity contribution in [3.05, 3.63) is 29.2 Å². The maximum Gasteiger partial charge on any atom is 0.352 e. The molecule has 1 aromatic heterocycles. The zero-order chi connectivity index (χ0) is 25.8. The minimum absolute atomic E-state index is 0.0523. The lowest BCUT2D eigenvalue weighted by molar-refractivity contribution is -0.883. The van der Waals surface area contributed by atoms with E-state index in [-0.39, 0.29) is 16.7 Å². The highest BCUT2D eigenvalue weighted by Crippen LogP contribution is 2.40. The number of nitrogens with zero attached hydrogens (tertiary/aromatic N) is 5. The van der Waals surface area contributed by atoms with Gasteiger partial charge in [0.15, 0.2) is 5.13 Å². The summed E-state index contributed by atoms with van der Waals surface area (Å²) in [5, 5.41) is 15.1. The zero-order valence-corrected chi connectivity index (χ0v) is 20.6. The number of carbonyl (C=O) groups is 3. The second-order valence-electron chi connectivity index (χ2n) is 8.21. The third kappa shape index (κ3) is 5.95. The van der Waals surface area contributed by atoms with Crippen molar-refractivity contribution in [2.75, 3.05) is 52.1 Å². The van der Waals surface area contributed by atoms with Crippen molar-refractivity contribution in [1.82, 2.24) is 19.6 Å². The molecule has 2 amide bonds. The number of halogens is 1. The molecular formula is C19H26FN8O5S2+. The van der Waals surface area contributed by atoms with E-state index in [1.165, 1.54) is 11.8 Å². The van der Waals surface area contributed by atoms with Crippen molar-refractivity contribution in [3.63, 3.8) is 0 Å². The lowest BCUT2D eigenvalue weighted by Crippen LogP contribution is -2.71. The number of allylic oxidation sites excluding steroid dienone is 1. The number of hydrogen-bond acceptors (Lipinski definition) is 11. The summed E-state index contributed by atoms with van der Waals surface area (Å²) < 4.78 is 16.9. The molecule has 3 rings (SSSR count). The second kappa shape index (κ2) is 11.1. The predicted molar refractivity (Wildman–Crippen MR) is 128 cm³/mol. The molecule has 0 radical (unpaired) electrons. The molecule has 1 fully saturated rings. The van der Waals surface area contributed by atoms with Crippen LogP contribution in [0.2, 0.25) is 0 Å². The number of carboxylic acids is 1. The molecule has 2 aliphatic heterocycles. The lowest BCUT2D eigenvalue weighted by Gasteiger charge is -2.49. The number of hydrogen-bond donors (Lipinski definition) is 4. The van der Waals surface area contributed by atoms with Crippen molar-refractivity contribution in [2.24, 2.45) is 10.9 Å². The number of amides is 2. The Bertz CT molecular complexity index is 1090. The number of likely N-dealkylation sites (N-methyl/N-ethyl adjacent to an activating group) is 1. The molecule has 13 nitrogen and oxygen atoms in total. The highest BCUT2D eigenvalue weighted by molar-refractivity contribution is 8.00. The number of aromatic nitrogens is 2. The quantitative estimate of drug-likeness (QED) is 0.121. The molecule has 1 saturated heterocycles. The molecule has 6 N–H and O–H groups in total. The van der Waals surface area contributed by atoms with Gasteiger partial charge < -0.3 is 31.2 Å². The normalized spacial score (nSPS) is 20.6. The Morgan fingerprint density at radius 2 is 2.20 bits per heavy atom. The van der Waals surface area contributed by atoms with Crippen molar-refractivity contribution in [2.45, 2.75) is 11.4 Å². The van der Waals surface area contributed by atoms with Crippen LogP contribution in [-0.2, 0) is 19.2 Å². The van der Waals surface area contributed by atoms with E-state index in [4.69, 9.17) is 11.5 Å². The van der Waals surface area contributed by atoms with Crippen molar-refractivity contribution in [3.8, 4) is 0 Å². The van der Waals surface area contributed by atoms with Crippen LogP contribution >= 0.6 is 23.3 Å². The first-order valence-electron chi connectivity index (χ1n) is 10.4. The van der Waals surface area contributed by atoms with Crippen LogP contribution in [0.4, 0.5) is 9.52 Å². The Hall–Kier alpha value is -3.08. The number of alkyl halides is 1. The van der Waals surface area contributed by atoms with E-state index in [9.17, 15) is 23.9 Å². The smallest absolute Gasteiger partial charge is 0.352 e. The van der Waals surface area contributed by atoms with Crippen LogP contribution in [0.3, 0.4) is 0 Å². The van der Waals surface area contributed by atoms with Crippen LogP contribution in [0.15, 0.2) is 28.6 Å². The van der Waals surface area contributed by atoms with Crippen molar-refractivity contribution < 1.29 is 33.2 Å². The van der Waals surface area contributed by atoms with Crippen LogP contribution in [0, 0.1) is 0 Å². The molecule has 35 heavy (non-hydrogen) atoms. The molecule has 190 valence electrons.